The van der Waals surface area contributed by atoms with Crippen molar-refractivity contribution in [1.82, 2.24) is 9.80 Å². The van der Waals surface area contributed by atoms with Crippen LogP contribution in [-0.2, 0) is 4.79 Å². The van der Waals surface area contributed by atoms with Crippen molar-refractivity contribution >= 4 is 5.91 Å². The summed E-state index contributed by atoms with van der Waals surface area (Å²) in [7, 11) is 0. The van der Waals surface area contributed by atoms with Crippen LogP contribution in [0.3, 0.4) is 0 Å². The minimum Gasteiger partial charge on any atom is -0.340 e. The molecule has 3 nitrogen and oxygen atoms in total. The van der Waals surface area contributed by atoms with Gasteiger partial charge in [0.15, 0.2) is 0 Å². The van der Waals surface area contributed by atoms with Gasteiger partial charge in [0, 0.05) is 39.1 Å². The number of rotatable bonds is 6. The van der Waals surface area contributed by atoms with E-state index in [1.165, 1.54) is 6.42 Å². The van der Waals surface area contributed by atoms with E-state index in [0.29, 0.717) is 11.8 Å². The van der Waals surface area contributed by atoms with E-state index in [4.69, 9.17) is 0 Å². The van der Waals surface area contributed by atoms with Gasteiger partial charge >= 0.3 is 0 Å². The molecule has 1 saturated heterocycles. The summed E-state index contributed by atoms with van der Waals surface area (Å²) in [6.45, 7) is 14.1. The van der Waals surface area contributed by atoms with Crippen LogP contribution >= 0.6 is 0 Å². The van der Waals surface area contributed by atoms with Gasteiger partial charge in [-0.3, -0.25) is 9.69 Å². The third kappa shape index (κ3) is 5.85. The summed E-state index contributed by atoms with van der Waals surface area (Å²) in [5.74, 6) is 1.79. The summed E-state index contributed by atoms with van der Waals surface area (Å²) < 4.78 is 0. The zero-order valence-corrected chi connectivity index (χ0v) is 12.6. The molecule has 1 heterocycles. The Kier molecular flexibility index (Phi) is 6.69. The smallest absolute Gasteiger partial charge is 0.222 e. The molecule has 3 heteroatoms. The highest BCUT2D eigenvalue weighted by atomic mass is 16.2. The van der Waals surface area contributed by atoms with E-state index in [1.807, 2.05) is 0 Å². The lowest BCUT2D eigenvalue weighted by atomic mass is 10.1. The first kappa shape index (κ1) is 15.5. The molecular weight excluding hydrogens is 224 g/mol. The first-order valence-corrected chi connectivity index (χ1v) is 7.49. The number of piperazine rings is 1. The molecule has 0 saturated carbocycles. The first-order valence-electron chi connectivity index (χ1n) is 7.49. The average Bonchev–Trinajstić information content (AvgIpc) is 2.28. The molecule has 0 aromatic rings. The molecule has 1 fully saturated rings. The Bertz CT molecular complexity index is 243. The van der Waals surface area contributed by atoms with Crippen molar-refractivity contribution in [2.45, 2.75) is 47.0 Å². The van der Waals surface area contributed by atoms with Crippen molar-refractivity contribution < 1.29 is 4.79 Å². The predicted octanol–water partition coefficient (Wildman–Crippen LogP) is 2.61. The van der Waals surface area contributed by atoms with Gasteiger partial charge in [0.1, 0.15) is 0 Å². The number of nitrogens with zero attached hydrogens (tertiary/aromatic N) is 2. The topological polar surface area (TPSA) is 23.6 Å². The number of amides is 1. The second-order valence-corrected chi connectivity index (χ2v) is 6.36. The van der Waals surface area contributed by atoms with Crippen molar-refractivity contribution in [2.75, 3.05) is 32.7 Å². The molecule has 18 heavy (non-hydrogen) atoms. The summed E-state index contributed by atoms with van der Waals surface area (Å²) in [6.07, 6.45) is 2.95. The van der Waals surface area contributed by atoms with E-state index in [-0.39, 0.29) is 0 Å². The lowest BCUT2D eigenvalue weighted by Crippen LogP contribution is -2.49. The van der Waals surface area contributed by atoms with Crippen molar-refractivity contribution in [1.29, 1.82) is 0 Å². The van der Waals surface area contributed by atoms with Crippen molar-refractivity contribution in [3.05, 3.63) is 0 Å². The number of carbonyl (C=O) groups is 1. The average molecular weight is 254 g/mol. The minimum atomic E-state index is 0.361. The maximum atomic E-state index is 12.0. The Labute approximate surface area is 113 Å². The molecule has 0 radical (unpaired) electrons. The van der Waals surface area contributed by atoms with Gasteiger partial charge in [0.05, 0.1) is 0 Å². The molecule has 1 amide bonds. The molecule has 1 aliphatic heterocycles. The fourth-order valence-electron chi connectivity index (χ4n) is 2.52. The second kappa shape index (κ2) is 7.78. The molecule has 0 unspecified atom stereocenters. The highest BCUT2D eigenvalue weighted by Crippen LogP contribution is 2.10. The molecule has 0 N–H and O–H groups in total. The summed E-state index contributed by atoms with van der Waals surface area (Å²) in [5.41, 5.74) is 0. The van der Waals surface area contributed by atoms with E-state index in [2.05, 4.69) is 37.5 Å². The molecule has 0 aromatic heterocycles. The fraction of sp³-hybridized carbons (Fsp3) is 0.933. The van der Waals surface area contributed by atoms with E-state index >= 15 is 0 Å². The van der Waals surface area contributed by atoms with Crippen LogP contribution < -0.4 is 0 Å². The zero-order valence-electron chi connectivity index (χ0n) is 12.6. The molecule has 0 bridgehead atoms. The third-order valence-corrected chi connectivity index (χ3v) is 3.52. The molecule has 0 aromatic carbocycles. The summed E-state index contributed by atoms with van der Waals surface area (Å²) in [6, 6.07) is 0. The molecule has 1 rings (SSSR count). The number of hydrogen-bond acceptors (Lipinski definition) is 2. The van der Waals surface area contributed by atoms with E-state index < -0.39 is 0 Å². The van der Waals surface area contributed by atoms with Crippen LogP contribution in [0.25, 0.3) is 0 Å². The van der Waals surface area contributed by atoms with Crippen molar-refractivity contribution in [3.8, 4) is 0 Å². The van der Waals surface area contributed by atoms with Gasteiger partial charge in [-0.05, 0) is 18.3 Å². The van der Waals surface area contributed by atoms with Gasteiger partial charge < -0.3 is 4.90 Å². The van der Waals surface area contributed by atoms with Gasteiger partial charge in [-0.25, -0.2) is 0 Å². The summed E-state index contributed by atoms with van der Waals surface area (Å²) in [4.78, 5) is 16.5. The standard InChI is InChI=1S/C15H30N2O/c1-13(2)6-5-7-15(18)17-10-8-16(9-11-17)12-14(3)4/h13-14H,5-12H2,1-4H3. The Hall–Kier alpha value is -0.570. The Morgan fingerprint density at radius 1 is 1.00 bits per heavy atom. The van der Waals surface area contributed by atoms with E-state index in [0.717, 1.165) is 51.5 Å². The van der Waals surface area contributed by atoms with Gasteiger partial charge in [0.25, 0.3) is 0 Å². The predicted molar refractivity (Wildman–Crippen MR) is 76.5 cm³/mol. The quantitative estimate of drug-likeness (QED) is 0.727. The van der Waals surface area contributed by atoms with Crippen molar-refractivity contribution in [3.63, 3.8) is 0 Å². The summed E-state index contributed by atoms with van der Waals surface area (Å²) >= 11 is 0. The number of carbonyl (C=O) groups excluding carboxylic acids is 1. The Morgan fingerprint density at radius 2 is 1.61 bits per heavy atom. The van der Waals surface area contributed by atoms with Gasteiger partial charge in [-0.2, -0.15) is 0 Å². The zero-order chi connectivity index (χ0) is 13.5. The summed E-state index contributed by atoms with van der Waals surface area (Å²) in [5, 5.41) is 0. The van der Waals surface area contributed by atoms with Crippen LogP contribution in [0.4, 0.5) is 0 Å². The normalized spacial score (nSPS) is 17.8. The highest BCUT2D eigenvalue weighted by molar-refractivity contribution is 5.76. The van der Waals surface area contributed by atoms with Crippen LogP contribution in [0, 0.1) is 11.8 Å². The van der Waals surface area contributed by atoms with Gasteiger partial charge in [0.2, 0.25) is 5.91 Å². The minimum absolute atomic E-state index is 0.361. The second-order valence-electron chi connectivity index (χ2n) is 6.36. The SMILES string of the molecule is CC(C)CCCC(=O)N1CCN(CC(C)C)CC1. The fourth-order valence-corrected chi connectivity index (χ4v) is 2.52. The maximum absolute atomic E-state index is 12.0. The molecule has 0 aliphatic carbocycles. The van der Waals surface area contributed by atoms with Crippen LogP contribution in [0.2, 0.25) is 0 Å². The van der Waals surface area contributed by atoms with Crippen LogP contribution in [0.5, 0.6) is 0 Å². The third-order valence-electron chi connectivity index (χ3n) is 3.52. The maximum Gasteiger partial charge on any atom is 0.222 e. The van der Waals surface area contributed by atoms with Crippen LogP contribution in [0.15, 0.2) is 0 Å². The monoisotopic (exact) mass is 254 g/mol. The van der Waals surface area contributed by atoms with E-state index in [9.17, 15) is 4.79 Å². The Balaban J connectivity index is 2.19. The first-order chi connectivity index (χ1) is 8.49. The van der Waals surface area contributed by atoms with Crippen molar-refractivity contribution in [2.24, 2.45) is 11.8 Å². The number of hydrogen-bond donors (Lipinski definition) is 0. The van der Waals surface area contributed by atoms with Gasteiger partial charge in [-0.1, -0.05) is 34.1 Å². The molecule has 0 spiro atoms. The molecule has 106 valence electrons. The largest absolute Gasteiger partial charge is 0.340 e. The van der Waals surface area contributed by atoms with Crippen LogP contribution in [-0.4, -0.2) is 48.4 Å². The van der Waals surface area contributed by atoms with Gasteiger partial charge in [-0.15, -0.1) is 0 Å². The van der Waals surface area contributed by atoms with E-state index in [1.54, 1.807) is 0 Å². The molecule has 1 aliphatic rings. The molecular formula is C15H30N2O. The molecule has 0 atom stereocenters. The highest BCUT2D eigenvalue weighted by Gasteiger charge is 2.20. The lowest BCUT2D eigenvalue weighted by Gasteiger charge is -2.35. The Morgan fingerprint density at radius 3 is 2.11 bits per heavy atom. The lowest BCUT2D eigenvalue weighted by molar-refractivity contribution is -0.133. The van der Waals surface area contributed by atoms with Crippen LogP contribution in [0.1, 0.15) is 47.0 Å².